The summed E-state index contributed by atoms with van der Waals surface area (Å²) in [4.78, 5) is 35.7. The van der Waals surface area contributed by atoms with E-state index in [1.165, 1.54) is 13.8 Å². The lowest BCUT2D eigenvalue weighted by Crippen LogP contribution is -2.41. The molecule has 0 bridgehead atoms. The van der Waals surface area contributed by atoms with Gasteiger partial charge in [-0.25, -0.2) is 9.59 Å². The van der Waals surface area contributed by atoms with Crippen molar-refractivity contribution in [2.45, 2.75) is 26.0 Å². The third-order valence-electron chi connectivity index (χ3n) is 3.38. The summed E-state index contributed by atoms with van der Waals surface area (Å²) in [6.07, 6.45) is 0.552. The summed E-state index contributed by atoms with van der Waals surface area (Å²) >= 11 is 6.11. The summed E-state index contributed by atoms with van der Waals surface area (Å²) in [7, 11) is 0. The molecule has 0 spiro atoms. The van der Waals surface area contributed by atoms with Crippen molar-refractivity contribution in [1.82, 2.24) is 4.90 Å². The Labute approximate surface area is 153 Å². The van der Waals surface area contributed by atoms with Gasteiger partial charge in [0.25, 0.3) is 5.91 Å². The first-order valence-corrected chi connectivity index (χ1v) is 8.42. The van der Waals surface area contributed by atoms with Gasteiger partial charge in [-0.05, 0) is 37.6 Å². The van der Waals surface area contributed by atoms with Crippen molar-refractivity contribution in [3.63, 3.8) is 0 Å². The Morgan fingerprint density at radius 3 is 2.56 bits per heavy atom. The van der Waals surface area contributed by atoms with Crippen molar-refractivity contribution < 1.29 is 29.3 Å². The van der Waals surface area contributed by atoms with E-state index in [4.69, 9.17) is 27.2 Å². The van der Waals surface area contributed by atoms with Crippen LogP contribution in [-0.4, -0.2) is 49.4 Å². The Balaban J connectivity index is 2.23. The van der Waals surface area contributed by atoms with Crippen LogP contribution in [0.1, 0.15) is 19.4 Å². The molecule has 0 aliphatic carbocycles. The number of carbonyl (C=O) groups excluding carboxylic acids is 1. The second-order valence-electron chi connectivity index (χ2n) is 5.24. The molecule has 132 valence electrons. The van der Waals surface area contributed by atoms with Crippen molar-refractivity contribution in [3.8, 4) is 5.75 Å². The van der Waals surface area contributed by atoms with E-state index in [0.29, 0.717) is 16.2 Å². The molecule has 1 fully saturated rings. The Morgan fingerprint density at radius 1 is 1.28 bits per heavy atom. The third-order valence-corrected chi connectivity index (χ3v) is 4.72. The van der Waals surface area contributed by atoms with Gasteiger partial charge >= 0.3 is 11.9 Å². The average molecular weight is 381 g/mol. The van der Waals surface area contributed by atoms with Gasteiger partial charge < -0.3 is 14.9 Å². The highest BCUT2D eigenvalue weighted by molar-refractivity contribution is 8.26. The smallest absolute Gasteiger partial charge is 0.344 e. The molecule has 2 atom stereocenters. The minimum atomic E-state index is -1.14. The summed E-state index contributed by atoms with van der Waals surface area (Å²) in [5, 5.41) is 18.0. The minimum Gasteiger partial charge on any atom is -0.480 e. The number of rotatable bonds is 6. The van der Waals surface area contributed by atoms with Gasteiger partial charge in [-0.1, -0.05) is 36.1 Å². The summed E-state index contributed by atoms with van der Waals surface area (Å²) < 4.78 is 5.46. The molecular weight excluding hydrogens is 366 g/mol. The summed E-state index contributed by atoms with van der Waals surface area (Å²) in [5.41, 5.74) is 0.610. The molecule has 0 aromatic heterocycles. The maximum Gasteiger partial charge on any atom is 0.344 e. The van der Waals surface area contributed by atoms with Gasteiger partial charge in [0.2, 0.25) is 0 Å². The molecule has 2 unspecified atom stereocenters. The predicted molar refractivity (Wildman–Crippen MR) is 96.3 cm³/mol. The zero-order chi connectivity index (χ0) is 18.7. The number of amides is 1. The number of carboxylic acid groups (broad SMARTS) is 2. The third kappa shape index (κ3) is 4.37. The van der Waals surface area contributed by atoms with E-state index in [-0.39, 0.29) is 4.32 Å². The quantitative estimate of drug-likeness (QED) is 0.571. The highest BCUT2D eigenvalue weighted by Crippen LogP contribution is 2.34. The van der Waals surface area contributed by atoms with Gasteiger partial charge in [-0.3, -0.25) is 9.69 Å². The van der Waals surface area contributed by atoms with Crippen LogP contribution in [0.5, 0.6) is 5.75 Å². The largest absolute Gasteiger partial charge is 0.480 e. The Bertz CT molecular complexity index is 776. The molecule has 9 heteroatoms. The fourth-order valence-corrected chi connectivity index (χ4v) is 3.43. The molecular formula is C16H15NO6S2. The standard InChI is InChI=1S/C16H15NO6S2/c1-8(14(19)20)17-13(18)12(25-16(17)24)7-10-4-3-5-11(6-10)23-9(2)15(21)22/h3-9H,1-2H3,(H,19,20)(H,21,22)/b12-7-. The van der Waals surface area contributed by atoms with Crippen LogP contribution in [0.4, 0.5) is 0 Å². The highest BCUT2D eigenvalue weighted by Gasteiger charge is 2.38. The topological polar surface area (TPSA) is 104 Å². The second-order valence-corrected chi connectivity index (χ2v) is 6.91. The maximum atomic E-state index is 12.4. The predicted octanol–water partition coefficient (Wildman–Crippen LogP) is 2.21. The lowest BCUT2D eigenvalue weighted by Gasteiger charge is -2.18. The lowest BCUT2D eigenvalue weighted by molar-refractivity contribution is -0.144. The number of carbonyl (C=O) groups is 3. The minimum absolute atomic E-state index is 0.179. The number of aliphatic carboxylic acids is 2. The second kappa shape index (κ2) is 7.66. The first kappa shape index (κ1) is 18.9. The molecule has 1 saturated heterocycles. The number of thiocarbonyl (C=S) groups is 1. The number of hydrogen-bond acceptors (Lipinski definition) is 6. The zero-order valence-electron chi connectivity index (χ0n) is 13.3. The lowest BCUT2D eigenvalue weighted by atomic mass is 10.2. The molecule has 2 rings (SSSR count). The van der Waals surface area contributed by atoms with Gasteiger partial charge in [0.15, 0.2) is 6.10 Å². The van der Waals surface area contributed by atoms with Crippen LogP contribution in [0.2, 0.25) is 0 Å². The number of benzene rings is 1. The SMILES string of the molecule is CC(Oc1cccc(/C=C2\SC(=S)N(C(C)C(=O)O)C2=O)c1)C(=O)O. The van der Waals surface area contributed by atoms with Gasteiger partial charge in [0.05, 0.1) is 4.91 Å². The van der Waals surface area contributed by atoms with Gasteiger partial charge in [0, 0.05) is 0 Å². The monoisotopic (exact) mass is 381 g/mol. The average Bonchev–Trinajstić information content (AvgIpc) is 2.80. The summed E-state index contributed by atoms with van der Waals surface area (Å²) in [6, 6.07) is 5.52. The molecule has 1 aliphatic heterocycles. The molecule has 0 radical (unpaired) electrons. The van der Waals surface area contributed by atoms with Crippen molar-refractivity contribution in [1.29, 1.82) is 0 Å². The fourth-order valence-electron chi connectivity index (χ4n) is 2.01. The molecule has 1 amide bonds. The molecule has 25 heavy (non-hydrogen) atoms. The Hall–Kier alpha value is -2.39. The van der Waals surface area contributed by atoms with E-state index in [1.807, 2.05) is 0 Å². The Morgan fingerprint density at radius 2 is 1.96 bits per heavy atom. The fraction of sp³-hybridized carbons (Fsp3) is 0.250. The molecule has 1 aromatic carbocycles. The normalized spacial score (nSPS) is 18.3. The van der Waals surface area contributed by atoms with E-state index < -0.39 is 30.0 Å². The van der Waals surface area contributed by atoms with Crippen LogP contribution in [0.3, 0.4) is 0 Å². The molecule has 1 aromatic rings. The number of ether oxygens (including phenoxy) is 1. The number of carboxylic acids is 2. The number of hydrogen-bond donors (Lipinski definition) is 2. The van der Waals surface area contributed by atoms with Crippen molar-refractivity contribution in [2.24, 2.45) is 0 Å². The van der Waals surface area contributed by atoms with Crippen molar-refractivity contribution in [2.75, 3.05) is 0 Å². The van der Waals surface area contributed by atoms with E-state index >= 15 is 0 Å². The molecule has 2 N–H and O–H groups in total. The van der Waals surface area contributed by atoms with Gasteiger partial charge in [-0.2, -0.15) is 0 Å². The first-order valence-electron chi connectivity index (χ1n) is 7.20. The van der Waals surface area contributed by atoms with E-state index in [0.717, 1.165) is 16.7 Å². The van der Waals surface area contributed by atoms with Gasteiger partial charge in [-0.15, -0.1) is 0 Å². The van der Waals surface area contributed by atoms with E-state index in [9.17, 15) is 14.4 Å². The van der Waals surface area contributed by atoms with Crippen LogP contribution in [0.25, 0.3) is 6.08 Å². The number of nitrogens with zero attached hydrogens (tertiary/aromatic N) is 1. The zero-order valence-corrected chi connectivity index (χ0v) is 15.0. The Kier molecular flexibility index (Phi) is 5.81. The number of thioether (sulfide) groups is 1. The van der Waals surface area contributed by atoms with Crippen LogP contribution in [0, 0.1) is 0 Å². The van der Waals surface area contributed by atoms with Crippen LogP contribution < -0.4 is 4.74 Å². The maximum absolute atomic E-state index is 12.4. The highest BCUT2D eigenvalue weighted by atomic mass is 32.2. The van der Waals surface area contributed by atoms with Crippen LogP contribution in [-0.2, 0) is 14.4 Å². The van der Waals surface area contributed by atoms with E-state index in [2.05, 4.69) is 0 Å². The van der Waals surface area contributed by atoms with Crippen molar-refractivity contribution in [3.05, 3.63) is 34.7 Å². The van der Waals surface area contributed by atoms with Crippen LogP contribution in [0.15, 0.2) is 29.2 Å². The molecule has 7 nitrogen and oxygen atoms in total. The summed E-state index contributed by atoms with van der Waals surface area (Å²) in [5.74, 6) is -2.36. The first-order chi connectivity index (χ1) is 11.7. The van der Waals surface area contributed by atoms with Crippen LogP contribution >= 0.6 is 24.0 Å². The van der Waals surface area contributed by atoms with E-state index in [1.54, 1.807) is 30.3 Å². The van der Waals surface area contributed by atoms with Crippen molar-refractivity contribution >= 4 is 52.2 Å². The van der Waals surface area contributed by atoms with Gasteiger partial charge in [0.1, 0.15) is 16.1 Å². The molecule has 0 saturated carbocycles. The molecule has 1 heterocycles. The summed E-state index contributed by atoms with van der Waals surface area (Å²) in [6.45, 7) is 2.80. The molecule has 1 aliphatic rings.